The molecule has 1 N–H and O–H groups in total. The van der Waals surface area contributed by atoms with Gasteiger partial charge in [0.2, 0.25) is 17.7 Å². The molecule has 1 saturated carbocycles. The van der Waals surface area contributed by atoms with Crippen LogP contribution >= 0.6 is 11.6 Å². The van der Waals surface area contributed by atoms with E-state index in [1.54, 1.807) is 0 Å². The molecular formula is C27H33ClF3N7. The Kier molecular flexibility index (Phi) is 6.88. The van der Waals surface area contributed by atoms with Crippen molar-refractivity contribution in [3.05, 3.63) is 40.3 Å². The minimum atomic E-state index is -4.66. The second-order valence-electron chi connectivity index (χ2n) is 11.0. The predicted octanol–water partition coefficient (Wildman–Crippen LogP) is 5.85. The van der Waals surface area contributed by atoms with E-state index in [9.17, 15) is 13.2 Å². The molecule has 204 valence electrons. The lowest BCUT2D eigenvalue weighted by molar-refractivity contribution is -0.145. The number of fused-ring (bicyclic) bond motifs is 3. The van der Waals surface area contributed by atoms with Crippen molar-refractivity contribution in [2.24, 2.45) is 5.92 Å². The highest BCUT2D eigenvalue weighted by atomic mass is 35.5. The summed E-state index contributed by atoms with van der Waals surface area (Å²) in [6.07, 6.45) is 2.80. The summed E-state index contributed by atoms with van der Waals surface area (Å²) in [6.45, 7) is 3.19. The molecule has 0 spiro atoms. The Morgan fingerprint density at radius 1 is 0.974 bits per heavy atom. The van der Waals surface area contributed by atoms with Gasteiger partial charge in [0, 0.05) is 54.3 Å². The number of piperazine rings is 1. The standard InChI is InChI=1S/C27H33ClF3N7/c1-36-11-13-37(14-12-36)25-33-24(27(29,30)31)34-26(35-25)38-10-9-19-20-16-18(28)7-8-21(20)32-23(19)22(38)15-17-5-3-2-4-6-17/h7-8,16-17,22,32H,2-6,9-15H2,1H3/t22-/m0/s1. The first-order chi connectivity index (χ1) is 18.3. The number of hydrogen-bond acceptors (Lipinski definition) is 6. The van der Waals surface area contributed by atoms with Gasteiger partial charge >= 0.3 is 6.18 Å². The second kappa shape index (κ2) is 10.2. The van der Waals surface area contributed by atoms with Crippen LogP contribution in [0.5, 0.6) is 0 Å². The maximum Gasteiger partial charge on any atom is 0.451 e. The zero-order chi connectivity index (χ0) is 26.4. The lowest BCUT2D eigenvalue weighted by Crippen LogP contribution is -2.46. The SMILES string of the molecule is CN1CCN(c2nc(N3CCc4c([nH]c5ccc(Cl)cc45)[C@@H]3CC3CCCCC3)nc(C(F)(F)F)n2)CC1. The summed E-state index contributed by atoms with van der Waals surface area (Å²) in [6, 6.07) is 5.69. The van der Waals surface area contributed by atoms with Crippen molar-refractivity contribution in [1.82, 2.24) is 24.8 Å². The Labute approximate surface area is 225 Å². The predicted molar refractivity (Wildman–Crippen MR) is 143 cm³/mol. The summed E-state index contributed by atoms with van der Waals surface area (Å²) in [5.41, 5.74) is 3.25. The van der Waals surface area contributed by atoms with Gasteiger partial charge in [-0.3, -0.25) is 0 Å². The fourth-order valence-electron chi connectivity index (χ4n) is 6.32. The third-order valence-electron chi connectivity index (χ3n) is 8.40. The van der Waals surface area contributed by atoms with E-state index >= 15 is 0 Å². The molecule has 0 unspecified atom stereocenters. The van der Waals surface area contributed by atoms with E-state index in [4.69, 9.17) is 11.6 Å². The summed E-state index contributed by atoms with van der Waals surface area (Å²) >= 11 is 6.33. The van der Waals surface area contributed by atoms with E-state index in [0.29, 0.717) is 37.0 Å². The molecule has 2 aliphatic heterocycles. The number of anilines is 2. The summed E-state index contributed by atoms with van der Waals surface area (Å²) in [5, 5.41) is 1.76. The van der Waals surface area contributed by atoms with Gasteiger partial charge < -0.3 is 19.7 Å². The number of H-pyrrole nitrogens is 1. The van der Waals surface area contributed by atoms with Gasteiger partial charge in [-0.15, -0.1) is 0 Å². The molecule has 2 aromatic heterocycles. The first-order valence-corrected chi connectivity index (χ1v) is 14.0. The molecule has 11 heteroatoms. The highest BCUT2D eigenvalue weighted by molar-refractivity contribution is 6.31. The van der Waals surface area contributed by atoms with Crippen LogP contribution < -0.4 is 9.80 Å². The Morgan fingerprint density at radius 3 is 2.45 bits per heavy atom. The van der Waals surface area contributed by atoms with E-state index < -0.39 is 12.0 Å². The minimum absolute atomic E-state index is 0.112. The van der Waals surface area contributed by atoms with Crippen LogP contribution in [0.15, 0.2) is 18.2 Å². The third-order valence-corrected chi connectivity index (χ3v) is 8.64. The van der Waals surface area contributed by atoms with Crippen LogP contribution in [-0.2, 0) is 12.6 Å². The van der Waals surface area contributed by atoms with Gasteiger partial charge in [0.25, 0.3) is 0 Å². The van der Waals surface area contributed by atoms with Gasteiger partial charge in [-0.1, -0.05) is 43.7 Å². The fourth-order valence-corrected chi connectivity index (χ4v) is 6.49. The van der Waals surface area contributed by atoms with Crippen molar-refractivity contribution in [3.63, 3.8) is 0 Å². The summed E-state index contributed by atoms with van der Waals surface area (Å²) in [5.74, 6) is -0.384. The summed E-state index contributed by atoms with van der Waals surface area (Å²) in [4.78, 5) is 22.2. The summed E-state index contributed by atoms with van der Waals surface area (Å²) in [7, 11) is 2.01. The van der Waals surface area contributed by atoms with Crippen LogP contribution in [0, 0.1) is 5.92 Å². The molecule has 3 aromatic rings. The smallest absolute Gasteiger partial charge is 0.356 e. The van der Waals surface area contributed by atoms with Gasteiger partial charge in [0.15, 0.2) is 0 Å². The van der Waals surface area contributed by atoms with E-state index in [0.717, 1.165) is 48.9 Å². The Hall–Kier alpha value is -2.59. The normalized spacial score (nSPS) is 21.8. The highest BCUT2D eigenvalue weighted by Crippen LogP contribution is 2.43. The van der Waals surface area contributed by atoms with Crippen LogP contribution in [0.25, 0.3) is 10.9 Å². The molecule has 0 amide bonds. The fraction of sp³-hybridized carbons (Fsp3) is 0.593. The third kappa shape index (κ3) is 5.04. The number of hydrogen-bond donors (Lipinski definition) is 1. The molecule has 38 heavy (non-hydrogen) atoms. The van der Waals surface area contributed by atoms with Crippen LogP contribution in [-0.4, -0.2) is 64.6 Å². The highest BCUT2D eigenvalue weighted by Gasteiger charge is 2.39. The van der Waals surface area contributed by atoms with Gasteiger partial charge in [-0.25, -0.2) is 0 Å². The van der Waals surface area contributed by atoms with Crippen molar-refractivity contribution in [3.8, 4) is 0 Å². The van der Waals surface area contributed by atoms with Gasteiger partial charge in [-0.05, 0) is 49.6 Å². The maximum absolute atomic E-state index is 14.0. The molecule has 2 fully saturated rings. The van der Waals surface area contributed by atoms with Crippen LogP contribution in [0.4, 0.5) is 25.1 Å². The first-order valence-electron chi connectivity index (χ1n) is 13.6. The number of aromatic amines is 1. The van der Waals surface area contributed by atoms with Crippen LogP contribution in [0.3, 0.4) is 0 Å². The van der Waals surface area contributed by atoms with Crippen molar-refractivity contribution in [2.45, 2.75) is 57.2 Å². The Balaban J connectivity index is 1.43. The zero-order valence-corrected chi connectivity index (χ0v) is 22.3. The van der Waals surface area contributed by atoms with Gasteiger partial charge in [0.05, 0.1) is 6.04 Å². The van der Waals surface area contributed by atoms with E-state index in [1.807, 2.05) is 35.0 Å². The molecule has 0 radical (unpaired) electrons. The Bertz CT molecular complexity index is 1300. The number of rotatable bonds is 4. The quantitative estimate of drug-likeness (QED) is 0.442. The molecule has 1 atom stereocenters. The minimum Gasteiger partial charge on any atom is -0.356 e. The van der Waals surface area contributed by atoms with Crippen molar-refractivity contribution in [2.75, 3.05) is 49.6 Å². The zero-order valence-electron chi connectivity index (χ0n) is 21.6. The van der Waals surface area contributed by atoms with Gasteiger partial charge in [-0.2, -0.15) is 28.1 Å². The molecule has 3 aliphatic rings. The number of nitrogens with one attached hydrogen (secondary N) is 1. The second-order valence-corrected chi connectivity index (χ2v) is 11.4. The molecule has 1 aliphatic carbocycles. The molecule has 1 aromatic carbocycles. The number of halogens is 4. The van der Waals surface area contributed by atoms with E-state index in [2.05, 4.69) is 24.8 Å². The average molecular weight is 548 g/mol. The molecule has 0 bridgehead atoms. The monoisotopic (exact) mass is 547 g/mol. The molecule has 4 heterocycles. The number of likely N-dealkylation sites (N-methyl/N-ethyl adjacent to an activating group) is 1. The lowest BCUT2D eigenvalue weighted by atomic mass is 9.82. The molecular weight excluding hydrogens is 515 g/mol. The van der Waals surface area contributed by atoms with E-state index in [-0.39, 0.29) is 17.9 Å². The molecule has 7 nitrogen and oxygen atoms in total. The molecule has 6 rings (SSSR count). The van der Waals surface area contributed by atoms with Crippen molar-refractivity contribution in [1.29, 1.82) is 0 Å². The maximum atomic E-state index is 14.0. The Morgan fingerprint density at radius 2 is 1.71 bits per heavy atom. The van der Waals surface area contributed by atoms with Gasteiger partial charge in [0.1, 0.15) is 0 Å². The molecule has 1 saturated heterocycles. The average Bonchev–Trinajstić information content (AvgIpc) is 3.27. The van der Waals surface area contributed by atoms with Crippen LogP contribution in [0.2, 0.25) is 5.02 Å². The topological polar surface area (TPSA) is 64.2 Å². The van der Waals surface area contributed by atoms with Crippen molar-refractivity contribution < 1.29 is 13.2 Å². The largest absolute Gasteiger partial charge is 0.451 e. The number of aromatic nitrogens is 4. The number of nitrogens with zero attached hydrogens (tertiary/aromatic N) is 6. The summed E-state index contributed by atoms with van der Waals surface area (Å²) < 4.78 is 42.0. The lowest BCUT2D eigenvalue weighted by Gasteiger charge is -2.39. The first kappa shape index (κ1) is 25.7. The van der Waals surface area contributed by atoms with E-state index in [1.165, 1.54) is 24.8 Å². The number of alkyl halides is 3. The van der Waals surface area contributed by atoms with Crippen LogP contribution in [0.1, 0.15) is 61.6 Å². The van der Waals surface area contributed by atoms with Crippen molar-refractivity contribution >= 4 is 34.4 Å². The number of benzene rings is 1.